The molecule has 0 aliphatic carbocycles. The van der Waals surface area contributed by atoms with Gasteiger partial charge in [-0.2, -0.15) is 0 Å². The van der Waals surface area contributed by atoms with Crippen LogP contribution in [-0.4, -0.2) is 17.6 Å². The number of hydrogen-bond acceptors (Lipinski definition) is 3. The second-order valence-corrected chi connectivity index (χ2v) is 4.04. The molecule has 0 saturated carbocycles. The average molecular weight is 271 g/mol. The van der Waals surface area contributed by atoms with Gasteiger partial charge in [0.2, 0.25) is 0 Å². The Balaban J connectivity index is 2.15. The van der Waals surface area contributed by atoms with Gasteiger partial charge in [0.05, 0.1) is 12.3 Å². The molecule has 0 aliphatic heterocycles. The van der Waals surface area contributed by atoms with E-state index in [2.05, 4.69) is 4.98 Å². The zero-order valence-corrected chi connectivity index (χ0v) is 11.0. The molecule has 0 N–H and O–H groups in total. The predicted molar refractivity (Wildman–Crippen MR) is 75.3 cm³/mol. The van der Waals surface area contributed by atoms with Gasteiger partial charge in [0.1, 0.15) is 5.82 Å². The molecule has 1 aromatic heterocycles. The zero-order chi connectivity index (χ0) is 14.4. The van der Waals surface area contributed by atoms with E-state index in [9.17, 15) is 9.18 Å². The Bertz CT molecular complexity index is 621. The minimum atomic E-state index is -0.398. The molecule has 20 heavy (non-hydrogen) atoms. The van der Waals surface area contributed by atoms with Gasteiger partial charge in [-0.25, -0.2) is 9.18 Å². The van der Waals surface area contributed by atoms with Gasteiger partial charge in [-0.1, -0.05) is 18.2 Å². The quantitative estimate of drug-likeness (QED) is 0.631. The van der Waals surface area contributed by atoms with E-state index in [0.717, 1.165) is 5.56 Å². The zero-order valence-electron chi connectivity index (χ0n) is 11.0. The van der Waals surface area contributed by atoms with Gasteiger partial charge in [0.25, 0.3) is 0 Å². The molecular formula is C16H14FNO2. The Labute approximate surface area is 116 Å². The number of aromatic nitrogens is 1. The maximum absolute atomic E-state index is 13.6. The van der Waals surface area contributed by atoms with Crippen molar-refractivity contribution in [2.24, 2.45) is 0 Å². The topological polar surface area (TPSA) is 39.2 Å². The van der Waals surface area contributed by atoms with Crippen LogP contribution >= 0.6 is 0 Å². The first-order chi connectivity index (χ1) is 9.70. The summed E-state index contributed by atoms with van der Waals surface area (Å²) in [7, 11) is 0. The fourth-order valence-electron chi connectivity index (χ4n) is 1.69. The molecule has 102 valence electrons. The first-order valence-electron chi connectivity index (χ1n) is 6.26. The van der Waals surface area contributed by atoms with Crippen LogP contribution in [0.1, 0.15) is 12.5 Å². The summed E-state index contributed by atoms with van der Waals surface area (Å²) >= 11 is 0. The van der Waals surface area contributed by atoms with Crippen LogP contribution in [0.4, 0.5) is 4.39 Å². The minimum Gasteiger partial charge on any atom is -0.463 e. The highest BCUT2D eigenvalue weighted by Crippen LogP contribution is 2.20. The second-order valence-electron chi connectivity index (χ2n) is 4.04. The van der Waals surface area contributed by atoms with Crippen LogP contribution in [0.5, 0.6) is 0 Å². The van der Waals surface area contributed by atoms with Crippen molar-refractivity contribution in [3.63, 3.8) is 0 Å². The van der Waals surface area contributed by atoms with E-state index in [1.54, 1.807) is 49.5 Å². The number of rotatable bonds is 4. The van der Waals surface area contributed by atoms with Crippen LogP contribution < -0.4 is 0 Å². The highest BCUT2D eigenvalue weighted by atomic mass is 19.1. The molecule has 1 aromatic carbocycles. The molecule has 0 unspecified atom stereocenters. The highest BCUT2D eigenvalue weighted by molar-refractivity contribution is 5.87. The van der Waals surface area contributed by atoms with Gasteiger partial charge in [-0.15, -0.1) is 0 Å². The Morgan fingerprint density at radius 2 is 2.10 bits per heavy atom. The maximum Gasteiger partial charge on any atom is 0.330 e. The molecular weight excluding hydrogens is 257 g/mol. The van der Waals surface area contributed by atoms with Gasteiger partial charge in [-0.05, 0) is 36.8 Å². The van der Waals surface area contributed by atoms with E-state index in [0.29, 0.717) is 17.9 Å². The summed E-state index contributed by atoms with van der Waals surface area (Å²) in [6.07, 6.45) is 4.52. The van der Waals surface area contributed by atoms with Crippen molar-refractivity contribution in [1.29, 1.82) is 0 Å². The summed E-state index contributed by atoms with van der Waals surface area (Å²) in [4.78, 5) is 15.4. The molecule has 0 amide bonds. The average Bonchev–Trinajstić information content (AvgIpc) is 2.47. The van der Waals surface area contributed by atoms with Crippen LogP contribution in [0.3, 0.4) is 0 Å². The standard InChI is InChI=1S/C16H14FNO2/c1-2-20-16(19)10-8-12-7-9-15(18-11-12)13-5-3-4-6-14(13)17/h3-11H,2H2,1H3/b10-8+. The molecule has 0 atom stereocenters. The van der Waals surface area contributed by atoms with E-state index in [-0.39, 0.29) is 5.82 Å². The monoisotopic (exact) mass is 271 g/mol. The largest absolute Gasteiger partial charge is 0.463 e. The summed E-state index contributed by atoms with van der Waals surface area (Å²) < 4.78 is 18.4. The number of carbonyl (C=O) groups is 1. The summed E-state index contributed by atoms with van der Waals surface area (Å²) in [6, 6.07) is 9.94. The maximum atomic E-state index is 13.6. The third-order valence-electron chi connectivity index (χ3n) is 2.63. The molecule has 4 heteroatoms. The van der Waals surface area contributed by atoms with E-state index in [4.69, 9.17) is 4.74 Å². The second kappa shape index (κ2) is 6.61. The summed E-state index contributed by atoms with van der Waals surface area (Å²) in [5.74, 6) is -0.708. The molecule has 0 spiro atoms. The number of ether oxygens (including phenoxy) is 1. The lowest BCUT2D eigenvalue weighted by Gasteiger charge is -2.02. The van der Waals surface area contributed by atoms with E-state index < -0.39 is 5.97 Å². The first kappa shape index (κ1) is 13.9. The van der Waals surface area contributed by atoms with E-state index in [1.165, 1.54) is 12.1 Å². The molecule has 0 aliphatic rings. The number of halogens is 1. The number of benzene rings is 1. The first-order valence-corrected chi connectivity index (χ1v) is 6.26. The lowest BCUT2D eigenvalue weighted by atomic mass is 10.1. The lowest BCUT2D eigenvalue weighted by Crippen LogP contribution is -1.98. The molecule has 0 saturated heterocycles. The molecule has 1 heterocycles. The third-order valence-corrected chi connectivity index (χ3v) is 2.63. The number of nitrogens with zero attached hydrogens (tertiary/aromatic N) is 1. The molecule has 2 rings (SSSR count). The van der Waals surface area contributed by atoms with Crippen LogP contribution in [0, 0.1) is 5.82 Å². The van der Waals surface area contributed by atoms with Gasteiger partial charge < -0.3 is 4.74 Å². The van der Waals surface area contributed by atoms with Crippen molar-refractivity contribution < 1.29 is 13.9 Å². The number of esters is 1. The van der Waals surface area contributed by atoms with Gasteiger partial charge in [0, 0.05) is 17.8 Å². The fraction of sp³-hybridized carbons (Fsp3) is 0.125. The SMILES string of the molecule is CCOC(=O)/C=C/c1ccc(-c2ccccc2F)nc1. The van der Waals surface area contributed by atoms with E-state index >= 15 is 0 Å². The van der Waals surface area contributed by atoms with E-state index in [1.807, 2.05) is 0 Å². The Morgan fingerprint density at radius 1 is 1.30 bits per heavy atom. The lowest BCUT2D eigenvalue weighted by molar-refractivity contribution is -0.137. The number of carbonyl (C=O) groups excluding carboxylic acids is 1. The van der Waals surface area contributed by atoms with Crippen LogP contribution in [-0.2, 0) is 9.53 Å². The van der Waals surface area contributed by atoms with Crippen molar-refractivity contribution in [2.45, 2.75) is 6.92 Å². The molecule has 0 radical (unpaired) electrons. The Hall–Kier alpha value is -2.49. The van der Waals surface area contributed by atoms with Gasteiger partial charge in [-0.3, -0.25) is 4.98 Å². The Kier molecular flexibility index (Phi) is 4.60. The Morgan fingerprint density at radius 3 is 2.75 bits per heavy atom. The molecule has 0 fully saturated rings. The fourth-order valence-corrected chi connectivity index (χ4v) is 1.69. The summed E-state index contributed by atoms with van der Waals surface area (Å²) in [6.45, 7) is 2.09. The van der Waals surface area contributed by atoms with Crippen LogP contribution in [0.15, 0.2) is 48.7 Å². The highest BCUT2D eigenvalue weighted by Gasteiger charge is 2.04. The van der Waals surface area contributed by atoms with Gasteiger partial charge in [0.15, 0.2) is 0 Å². The third kappa shape index (κ3) is 3.51. The van der Waals surface area contributed by atoms with Crippen LogP contribution in [0.2, 0.25) is 0 Å². The van der Waals surface area contributed by atoms with Crippen molar-refractivity contribution in [2.75, 3.05) is 6.61 Å². The van der Waals surface area contributed by atoms with Crippen molar-refractivity contribution in [1.82, 2.24) is 4.98 Å². The number of hydrogen-bond donors (Lipinski definition) is 0. The predicted octanol–water partition coefficient (Wildman–Crippen LogP) is 3.46. The van der Waals surface area contributed by atoms with Gasteiger partial charge >= 0.3 is 5.97 Å². The minimum absolute atomic E-state index is 0.310. The normalized spacial score (nSPS) is 10.7. The van der Waals surface area contributed by atoms with Crippen molar-refractivity contribution >= 4 is 12.0 Å². The van der Waals surface area contributed by atoms with Crippen LogP contribution in [0.25, 0.3) is 17.3 Å². The summed E-state index contributed by atoms with van der Waals surface area (Å²) in [5.41, 5.74) is 1.75. The molecule has 2 aromatic rings. The number of pyridine rings is 1. The van der Waals surface area contributed by atoms with Crippen molar-refractivity contribution in [3.05, 3.63) is 60.1 Å². The molecule has 0 bridgehead atoms. The van der Waals surface area contributed by atoms with Crippen molar-refractivity contribution in [3.8, 4) is 11.3 Å². The summed E-state index contributed by atoms with van der Waals surface area (Å²) in [5, 5.41) is 0. The smallest absolute Gasteiger partial charge is 0.330 e. The molecule has 3 nitrogen and oxygen atoms in total.